The van der Waals surface area contributed by atoms with Crippen LogP contribution < -0.4 is 11.3 Å². The first kappa shape index (κ1) is 9.79. The van der Waals surface area contributed by atoms with Crippen LogP contribution in [0.15, 0.2) is 11.0 Å². The maximum absolute atomic E-state index is 12.9. The normalized spacial score (nSPS) is 10.8. The van der Waals surface area contributed by atoms with Gasteiger partial charge in [0.25, 0.3) is 12.0 Å². The van der Waals surface area contributed by atoms with E-state index in [1.807, 2.05) is 4.98 Å². The third-order valence-electron chi connectivity index (χ3n) is 1.61. The Morgan fingerprint density at radius 2 is 2.15 bits per heavy atom. The molecule has 0 fully saturated rings. The molecular formula is C7H7F3N2O. The van der Waals surface area contributed by atoms with Gasteiger partial charge in [-0.2, -0.15) is 0 Å². The predicted molar refractivity (Wildman–Crippen MR) is 39.9 cm³/mol. The van der Waals surface area contributed by atoms with Crippen molar-refractivity contribution < 1.29 is 13.2 Å². The Labute approximate surface area is 71.4 Å². The molecule has 0 aromatic carbocycles. The number of nitrogens with two attached hydrogens (primary N) is 1. The largest absolute Gasteiger partial charge is 0.326 e. The molecule has 0 aliphatic heterocycles. The van der Waals surface area contributed by atoms with Crippen LogP contribution in [-0.4, -0.2) is 4.98 Å². The molecule has 1 aromatic heterocycles. The van der Waals surface area contributed by atoms with E-state index >= 15 is 0 Å². The Morgan fingerprint density at radius 3 is 2.62 bits per heavy atom. The van der Waals surface area contributed by atoms with E-state index in [1.54, 1.807) is 0 Å². The van der Waals surface area contributed by atoms with E-state index in [0.29, 0.717) is 0 Å². The molecule has 3 nitrogen and oxygen atoms in total. The number of halogens is 3. The van der Waals surface area contributed by atoms with Crippen LogP contribution in [0, 0.1) is 5.82 Å². The lowest BCUT2D eigenvalue weighted by atomic mass is 10.1. The molecule has 0 aliphatic rings. The monoisotopic (exact) mass is 192 g/mol. The van der Waals surface area contributed by atoms with Gasteiger partial charge in [-0.1, -0.05) is 0 Å². The van der Waals surface area contributed by atoms with E-state index in [0.717, 1.165) is 6.20 Å². The van der Waals surface area contributed by atoms with Crippen LogP contribution >= 0.6 is 0 Å². The summed E-state index contributed by atoms with van der Waals surface area (Å²) in [4.78, 5) is 12.5. The molecule has 0 atom stereocenters. The zero-order valence-electron chi connectivity index (χ0n) is 6.48. The van der Waals surface area contributed by atoms with Crippen molar-refractivity contribution >= 4 is 0 Å². The Bertz CT molecular complexity index is 361. The average molecular weight is 192 g/mol. The molecule has 0 unspecified atom stereocenters. The van der Waals surface area contributed by atoms with Crippen LogP contribution in [0.3, 0.4) is 0 Å². The first-order valence-electron chi connectivity index (χ1n) is 3.46. The van der Waals surface area contributed by atoms with Crippen molar-refractivity contribution in [1.82, 2.24) is 4.98 Å². The summed E-state index contributed by atoms with van der Waals surface area (Å²) in [6.07, 6.45) is -2.07. The summed E-state index contributed by atoms with van der Waals surface area (Å²) >= 11 is 0. The van der Waals surface area contributed by atoms with Gasteiger partial charge in [0.05, 0.1) is 0 Å². The topological polar surface area (TPSA) is 58.9 Å². The minimum atomic E-state index is -2.84. The Kier molecular flexibility index (Phi) is 2.72. The lowest BCUT2D eigenvalue weighted by molar-refractivity contribution is 0.149. The average Bonchev–Trinajstić information content (AvgIpc) is 2.09. The number of nitrogens with one attached hydrogen (secondary N) is 1. The number of hydrogen-bond acceptors (Lipinski definition) is 2. The Balaban J connectivity index is 3.38. The maximum Gasteiger partial charge on any atom is 0.284 e. The molecule has 13 heavy (non-hydrogen) atoms. The van der Waals surface area contributed by atoms with E-state index in [-0.39, 0.29) is 0 Å². The summed E-state index contributed by atoms with van der Waals surface area (Å²) in [5.74, 6) is -1.24. The molecule has 0 saturated heterocycles. The van der Waals surface area contributed by atoms with Crippen LogP contribution in [0.4, 0.5) is 13.2 Å². The van der Waals surface area contributed by atoms with Gasteiger partial charge >= 0.3 is 0 Å². The molecule has 0 amide bonds. The number of aromatic nitrogens is 1. The second kappa shape index (κ2) is 3.61. The van der Waals surface area contributed by atoms with Gasteiger partial charge in [0.1, 0.15) is 0 Å². The molecule has 0 radical (unpaired) electrons. The summed E-state index contributed by atoms with van der Waals surface area (Å²) in [7, 11) is 0. The molecule has 1 heterocycles. The molecule has 0 saturated carbocycles. The molecule has 1 rings (SSSR count). The molecule has 72 valence electrons. The fourth-order valence-electron chi connectivity index (χ4n) is 0.960. The number of alkyl halides is 2. The standard InChI is InChI=1S/C7H7F3N2O/c8-5-3(1-11)4(6(9)10)2-12-7(5)13/h2,6H,1,11H2,(H,12,13). The summed E-state index contributed by atoms with van der Waals surface area (Å²) in [6, 6.07) is 0. The van der Waals surface area contributed by atoms with E-state index in [2.05, 4.69) is 0 Å². The van der Waals surface area contributed by atoms with Gasteiger partial charge in [-0.15, -0.1) is 0 Å². The van der Waals surface area contributed by atoms with Crippen molar-refractivity contribution in [3.8, 4) is 0 Å². The minimum Gasteiger partial charge on any atom is -0.326 e. The Hall–Kier alpha value is -1.30. The smallest absolute Gasteiger partial charge is 0.284 e. The highest BCUT2D eigenvalue weighted by molar-refractivity contribution is 5.25. The SMILES string of the molecule is NCc1c(C(F)F)c[nH]c(=O)c1F. The number of H-pyrrole nitrogens is 1. The third kappa shape index (κ3) is 1.72. The number of pyridine rings is 1. The van der Waals surface area contributed by atoms with Gasteiger partial charge in [-0.05, 0) is 0 Å². The number of aromatic amines is 1. The minimum absolute atomic E-state index is 0.421. The summed E-state index contributed by atoms with van der Waals surface area (Å²) in [6.45, 7) is -0.421. The van der Waals surface area contributed by atoms with Crippen LogP contribution in [0.25, 0.3) is 0 Å². The second-order valence-corrected chi connectivity index (χ2v) is 2.37. The van der Waals surface area contributed by atoms with Crippen LogP contribution in [0.2, 0.25) is 0 Å². The highest BCUT2D eigenvalue weighted by Crippen LogP contribution is 2.21. The van der Waals surface area contributed by atoms with Gasteiger partial charge < -0.3 is 10.7 Å². The van der Waals surface area contributed by atoms with E-state index < -0.39 is 35.5 Å². The number of rotatable bonds is 2. The highest BCUT2D eigenvalue weighted by Gasteiger charge is 2.17. The molecule has 0 spiro atoms. The first-order valence-corrected chi connectivity index (χ1v) is 3.46. The lowest BCUT2D eigenvalue weighted by Crippen LogP contribution is -2.18. The predicted octanol–water partition coefficient (Wildman–Crippen LogP) is 0.910. The molecule has 0 bridgehead atoms. The summed E-state index contributed by atoms with van der Waals surface area (Å²) in [5, 5.41) is 0. The molecule has 1 aromatic rings. The summed E-state index contributed by atoms with van der Waals surface area (Å²) < 4.78 is 37.2. The summed E-state index contributed by atoms with van der Waals surface area (Å²) in [5.41, 5.74) is 2.99. The fraction of sp³-hybridized carbons (Fsp3) is 0.286. The molecular weight excluding hydrogens is 185 g/mol. The molecule has 6 heteroatoms. The quantitative estimate of drug-likeness (QED) is 0.731. The van der Waals surface area contributed by atoms with Gasteiger partial charge in [0.15, 0.2) is 5.82 Å². The first-order chi connectivity index (χ1) is 6.07. The molecule has 3 N–H and O–H groups in total. The van der Waals surface area contributed by atoms with Crippen LogP contribution in [0.1, 0.15) is 17.6 Å². The van der Waals surface area contributed by atoms with Crippen molar-refractivity contribution in [1.29, 1.82) is 0 Å². The van der Waals surface area contributed by atoms with E-state index in [9.17, 15) is 18.0 Å². The lowest BCUT2D eigenvalue weighted by Gasteiger charge is -2.05. The zero-order valence-corrected chi connectivity index (χ0v) is 6.48. The van der Waals surface area contributed by atoms with Gasteiger partial charge in [0, 0.05) is 23.9 Å². The van der Waals surface area contributed by atoms with Crippen molar-refractivity contribution in [3.05, 3.63) is 33.5 Å². The van der Waals surface area contributed by atoms with Gasteiger partial charge in [-0.25, -0.2) is 13.2 Å². The van der Waals surface area contributed by atoms with Crippen molar-refractivity contribution in [3.63, 3.8) is 0 Å². The maximum atomic E-state index is 12.9. The third-order valence-corrected chi connectivity index (χ3v) is 1.61. The fourth-order valence-corrected chi connectivity index (χ4v) is 0.960. The van der Waals surface area contributed by atoms with Gasteiger partial charge in [0.2, 0.25) is 0 Å². The van der Waals surface area contributed by atoms with Crippen LogP contribution in [0.5, 0.6) is 0 Å². The highest BCUT2D eigenvalue weighted by atomic mass is 19.3. The van der Waals surface area contributed by atoms with Crippen LogP contribution in [-0.2, 0) is 6.54 Å². The van der Waals surface area contributed by atoms with Crippen molar-refractivity contribution in [2.45, 2.75) is 13.0 Å². The van der Waals surface area contributed by atoms with E-state index in [4.69, 9.17) is 5.73 Å². The second-order valence-electron chi connectivity index (χ2n) is 2.37. The van der Waals surface area contributed by atoms with Crippen molar-refractivity contribution in [2.24, 2.45) is 5.73 Å². The van der Waals surface area contributed by atoms with Crippen molar-refractivity contribution in [2.75, 3.05) is 0 Å². The Morgan fingerprint density at radius 1 is 1.54 bits per heavy atom. The van der Waals surface area contributed by atoms with E-state index in [1.165, 1.54) is 0 Å². The number of hydrogen-bond donors (Lipinski definition) is 2. The molecule has 0 aliphatic carbocycles. The zero-order chi connectivity index (χ0) is 10.0. The van der Waals surface area contributed by atoms with Gasteiger partial charge in [-0.3, -0.25) is 4.79 Å².